The number of amides is 2. The van der Waals surface area contributed by atoms with Gasteiger partial charge in [-0.15, -0.1) is 0 Å². The van der Waals surface area contributed by atoms with Crippen molar-refractivity contribution < 1.29 is 27.4 Å². The number of pyridine rings is 1. The molecule has 10 heteroatoms. The average molecular weight is 529 g/mol. The van der Waals surface area contributed by atoms with Crippen molar-refractivity contribution in [2.45, 2.75) is 32.0 Å². The van der Waals surface area contributed by atoms with E-state index in [-0.39, 0.29) is 24.1 Å². The highest BCUT2D eigenvalue weighted by Gasteiger charge is 2.37. The number of ether oxygens (including phenoxy) is 2. The summed E-state index contributed by atoms with van der Waals surface area (Å²) in [5.74, 6) is 0.151. The first-order valence-corrected chi connectivity index (χ1v) is 12.4. The number of urea groups is 1. The number of halogens is 3. The molecule has 0 spiro atoms. The number of rotatable bonds is 9. The Morgan fingerprint density at radius 2 is 1.95 bits per heavy atom. The van der Waals surface area contributed by atoms with Crippen LogP contribution < -0.4 is 19.7 Å². The number of nitrogens with zero attached hydrogens (tertiary/aromatic N) is 3. The molecule has 2 amide bonds. The summed E-state index contributed by atoms with van der Waals surface area (Å²) in [5.41, 5.74) is 1.36. The van der Waals surface area contributed by atoms with Crippen LogP contribution in [0.4, 0.5) is 29.3 Å². The largest absolute Gasteiger partial charge is 0.496 e. The molecule has 0 aliphatic carbocycles. The molecule has 0 saturated heterocycles. The van der Waals surface area contributed by atoms with E-state index in [1.165, 1.54) is 24.3 Å². The summed E-state index contributed by atoms with van der Waals surface area (Å²) < 4.78 is 51.6. The fourth-order valence-electron chi connectivity index (χ4n) is 4.33. The monoisotopic (exact) mass is 528 g/mol. The third-order valence-corrected chi connectivity index (χ3v) is 6.58. The van der Waals surface area contributed by atoms with E-state index in [0.717, 1.165) is 31.1 Å². The van der Waals surface area contributed by atoms with Crippen LogP contribution in [0.1, 0.15) is 36.1 Å². The fourth-order valence-corrected chi connectivity index (χ4v) is 4.33. The van der Waals surface area contributed by atoms with E-state index >= 15 is 0 Å². The zero-order valence-corrected chi connectivity index (χ0v) is 21.6. The molecular weight excluding hydrogens is 497 g/mol. The van der Waals surface area contributed by atoms with Gasteiger partial charge < -0.3 is 19.7 Å². The van der Waals surface area contributed by atoms with Gasteiger partial charge in [-0.25, -0.2) is 9.78 Å². The maximum absolute atomic E-state index is 13.5. The van der Waals surface area contributed by atoms with Crippen LogP contribution in [-0.2, 0) is 12.6 Å². The van der Waals surface area contributed by atoms with Gasteiger partial charge in [-0.2, -0.15) is 13.2 Å². The van der Waals surface area contributed by atoms with Crippen molar-refractivity contribution in [1.82, 2.24) is 9.88 Å². The van der Waals surface area contributed by atoms with Crippen molar-refractivity contribution in [3.05, 3.63) is 77.5 Å². The minimum atomic E-state index is -4.60. The predicted molar refractivity (Wildman–Crippen MR) is 140 cm³/mol. The predicted octanol–water partition coefficient (Wildman–Crippen LogP) is 6.17. The van der Waals surface area contributed by atoms with Gasteiger partial charge in [0.2, 0.25) is 5.88 Å². The Morgan fingerprint density at radius 1 is 1.18 bits per heavy atom. The summed E-state index contributed by atoms with van der Waals surface area (Å²) in [4.78, 5) is 20.8. The van der Waals surface area contributed by atoms with Gasteiger partial charge in [0.15, 0.2) is 0 Å². The molecule has 2 aromatic carbocycles. The first kappa shape index (κ1) is 27.3. The van der Waals surface area contributed by atoms with Gasteiger partial charge in [0, 0.05) is 31.3 Å². The minimum Gasteiger partial charge on any atom is -0.496 e. The maximum Gasteiger partial charge on any atom is 0.420 e. The number of fused-ring (bicyclic) bond motifs is 1. The third kappa shape index (κ3) is 6.36. The molecular formula is C28H31F3N4O3. The Labute approximate surface area is 220 Å². The van der Waals surface area contributed by atoms with Crippen LogP contribution in [0.5, 0.6) is 11.6 Å². The molecule has 202 valence electrons. The molecule has 1 unspecified atom stereocenters. The van der Waals surface area contributed by atoms with Crippen molar-refractivity contribution in [2.75, 3.05) is 44.0 Å². The van der Waals surface area contributed by atoms with Crippen LogP contribution in [0.25, 0.3) is 0 Å². The summed E-state index contributed by atoms with van der Waals surface area (Å²) in [7, 11) is 3.25. The van der Waals surface area contributed by atoms with Gasteiger partial charge in [0.1, 0.15) is 11.9 Å². The quantitative estimate of drug-likeness (QED) is 0.360. The lowest BCUT2D eigenvalue weighted by molar-refractivity contribution is -0.138. The van der Waals surface area contributed by atoms with Crippen LogP contribution in [0, 0.1) is 0 Å². The van der Waals surface area contributed by atoms with Gasteiger partial charge in [0.25, 0.3) is 0 Å². The van der Waals surface area contributed by atoms with Crippen LogP contribution >= 0.6 is 0 Å². The lowest BCUT2D eigenvalue weighted by atomic mass is 10.1. The van der Waals surface area contributed by atoms with Crippen molar-refractivity contribution in [3.8, 4) is 11.6 Å². The minimum absolute atomic E-state index is 0.195. The Kier molecular flexibility index (Phi) is 8.41. The number of anilines is 2. The van der Waals surface area contributed by atoms with Crippen molar-refractivity contribution in [3.63, 3.8) is 0 Å². The van der Waals surface area contributed by atoms with E-state index in [2.05, 4.69) is 29.2 Å². The van der Waals surface area contributed by atoms with E-state index in [4.69, 9.17) is 9.47 Å². The summed E-state index contributed by atoms with van der Waals surface area (Å²) in [6.07, 6.45) is -2.13. The molecule has 4 rings (SSSR count). The Morgan fingerprint density at radius 3 is 2.58 bits per heavy atom. The summed E-state index contributed by atoms with van der Waals surface area (Å²) in [5, 5.41) is 2.72. The van der Waals surface area contributed by atoms with Gasteiger partial charge >= 0.3 is 12.2 Å². The van der Waals surface area contributed by atoms with Gasteiger partial charge in [-0.1, -0.05) is 37.3 Å². The lowest BCUT2D eigenvalue weighted by Crippen LogP contribution is -2.33. The summed E-state index contributed by atoms with van der Waals surface area (Å²) in [6.45, 7) is 4.13. The zero-order valence-electron chi connectivity index (χ0n) is 21.6. The average Bonchev–Trinajstić information content (AvgIpc) is 3.34. The van der Waals surface area contributed by atoms with Crippen LogP contribution in [0.15, 0.2) is 60.8 Å². The lowest BCUT2D eigenvalue weighted by Gasteiger charge is -2.22. The van der Waals surface area contributed by atoms with E-state index in [9.17, 15) is 18.0 Å². The second kappa shape index (κ2) is 11.7. The number of hydrogen-bond donors (Lipinski definition) is 1. The number of hydrogen-bond acceptors (Lipinski definition) is 5. The number of nitrogens with one attached hydrogen (secondary N) is 1. The number of alkyl halides is 3. The molecule has 3 aromatic rings. The van der Waals surface area contributed by atoms with Gasteiger partial charge in [0.05, 0.1) is 24.6 Å². The van der Waals surface area contributed by atoms with E-state index in [1.54, 1.807) is 12.1 Å². The molecule has 1 aromatic heterocycles. The highest BCUT2D eigenvalue weighted by Crippen LogP contribution is 2.42. The standard InChI is InChI=1S/C28H31F3N4O3/c1-4-34(2)14-13-24(19-8-6-5-7-9-19)38-26-11-10-21(18-32-26)33-27(36)35-15-12-20-16-25(37-3)22(17-23(20)35)28(29,30)31/h5-11,16-18,24H,4,12-15H2,1-3H3,(H,33,36). The number of carbonyl (C=O) groups excluding carboxylic acids is 1. The molecule has 1 N–H and O–H groups in total. The van der Waals surface area contributed by atoms with Crippen molar-refractivity contribution in [1.29, 1.82) is 0 Å². The highest BCUT2D eigenvalue weighted by atomic mass is 19.4. The second-order valence-electron chi connectivity index (χ2n) is 9.10. The normalized spacial score (nSPS) is 13.8. The van der Waals surface area contributed by atoms with E-state index in [0.29, 0.717) is 23.6 Å². The topological polar surface area (TPSA) is 66.9 Å². The molecule has 0 bridgehead atoms. The highest BCUT2D eigenvalue weighted by molar-refractivity contribution is 6.03. The molecule has 38 heavy (non-hydrogen) atoms. The molecule has 2 heterocycles. The third-order valence-electron chi connectivity index (χ3n) is 6.58. The number of benzene rings is 2. The number of methoxy groups -OCH3 is 1. The Balaban J connectivity index is 1.45. The summed E-state index contributed by atoms with van der Waals surface area (Å²) in [6, 6.07) is 15.0. The van der Waals surface area contributed by atoms with Crippen LogP contribution in [-0.4, -0.2) is 49.7 Å². The van der Waals surface area contributed by atoms with Crippen LogP contribution in [0.2, 0.25) is 0 Å². The Hall–Kier alpha value is -3.79. The SMILES string of the molecule is CCN(C)CCC(Oc1ccc(NC(=O)N2CCc3cc(OC)c(C(F)(F)F)cc32)cn1)c1ccccc1. The van der Waals surface area contributed by atoms with Crippen molar-refractivity contribution in [2.24, 2.45) is 0 Å². The molecule has 1 atom stereocenters. The van der Waals surface area contributed by atoms with E-state index < -0.39 is 17.8 Å². The summed E-state index contributed by atoms with van der Waals surface area (Å²) >= 11 is 0. The zero-order chi connectivity index (χ0) is 27.3. The molecule has 7 nitrogen and oxygen atoms in total. The molecule has 1 aliphatic heterocycles. The molecule has 0 fully saturated rings. The van der Waals surface area contributed by atoms with Crippen molar-refractivity contribution >= 4 is 17.4 Å². The van der Waals surface area contributed by atoms with Gasteiger partial charge in [-0.3, -0.25) is 4.90 Å². The first-order valence-electron chi connectivity index (χ1n) is 12.4. The van der Waals surface area contributed by atoms with Crippen LogP contribution in [0.3, 0.4) is 0 Å². The number of carbonyl (C=O) groups is 1. The number of aromatic nitrogens is 1. The Bertz CT molecular complexity index is 1240. The fraction of sp³-hybridized carbons (Fsp3) is 0.357. The smallest absolute Gasteiger partial charge is 0.420 e. The molecule has 0 saturated carbocycles. The second-order valence-corrected chi connectivity index (χ2v) is 9.10. The van der Waals surface area contributed by atoms with E-state index in [1.807, 2.05) is 30.3 Å². The molecule has 1 aliphatic rings. The first-order chi connectivity index (χ1) is 18.2. The van der Waals surface area contributed by atoms with Gasteiger partial charge in [-0.05, 0) is 49.3 Å². The molecule has 0 radical (unpaired) electrons. The maximum atomic E-state index is 13.5.